The predicted octanol–water partition coefficient (Wildman–Crippen LogP) is -0.129. The van der Waals surface area contributed by atoms with Crippen LogP contribution in [-0.4, -0.2) is 61.3 Å². The van der Waals surface area contributed by atoms with E-state index in [0.29, 0.717) is 11.6 Å². The van der Waals surface area contributed by atoms with E-state index in [9.17, 15) is 14.4 Å². The van der Waals surface area contributed by atoms with Crippen LogP contribution < -0.4 is 5.32 Å². The molecular weight excluding hydrogens is 296 g/mol. The molecule has 2 amide bonds. The molecule has 2 aliphatic heterocycles. The Labute approximate surface area is 127 Å². The number of carbonyl (C=O) groups is 3. The van der Waals surface area contributed by atoms with Crippen molar-refractivity contribution in [1.29, 1.82) is 0 Å². The van der Waals surface area contributed by atoms with Gasteiger partial charge in [-0.15, -0.1) is 0 Å². The Hall–Kier alpha value is -1.54. The average molecular weight is 314 g/mol. The van der Waals surface area contributed by atoms with E-state index in [1.54, 1.807) is 0 Å². The third kappa shape index (κ3) is 4.47. The summed E-state index contributed by atoms with van der Waals surface area (Å²) in [6, 6.07) is 0. The molecule has 116 valence electrons. The summed E-state index contributed by atoms with van der Waals surface area (Å²) in [5.74, 6) is -0.779. The third-order valence-electron chi connectivity index (χ3n) is 3.21. The highest BCUT2D eigenvalue weighted by Gasteiger charge is 2.29. The summed E-state index contributed by atoms with van der Waals surface area (Å²) in [4.78, 5) is 36.2. The van der Waals surface area contributed by atoms with E-state index in [-0.39, 0.29) is 30.2 Å². The quantitative estimate of drug-likeness (QED) is 0.562. The molecule has 0 unspecified atom stereocenters. The average Bonchev–Trinajstić information content (AvgIpc) is 3.09. The first-order valence-electron chi connectivity index (χ1n) is 6.71. The Kier molecular flexibility index (Phi) is 5.63. The number of thioether (sulfide) groups is 1. The van der Waals surface area contributed by atoms with Crippen LogP contribution in [0.5, 0.6) is 0 Å². The Morgan fingerprint density at radius 1 is 1.57 bits per heavy atom. The highest BCUT2D eigenvalue weighted by Crippen LogP contribution is 2.28. The lowest BCUT2D eigenvalue weighted by atomic mass is 10.2. The van der Waals surface area contributed by atoms with Crippen LogP contribution in [0.15, 0.2) is 11.1 Å². The zero-order valence-electron chi connectivity index (χ0n) is 11.8. The molecule has 2 aliphatic rings. The van der Waals surface area contributed by atoms with E-state index in [4.69, 9.17) is 4.74 Å². The number of rotatable bonds is 5. The van der Waals surface area contributed by atoms with Gasteiger partial charge in [0.25, 0.3) is 0 Å². The minimum absolute atomic E-state index is 0.0580. The Bertz CT molecular complexity index is 459. The predicted molar refractivity (Wildman–Crippen MR) is 76.3 cm³/mol. The maximum atomic E-state index is 11.9. The first kappa shape index (κ1) is 15.8. The minimum Gasteiger partial charge on any atom is -0.466 e. The summed E-state index contributed by atoms with van der Waals surface area (Å²) < 4.78 is 9.94. The second-order valence-corrected chi connectivity index (χ2v) is 5.71. The molecule has 1 N–H and O–H groups in total. The van der Waals surface area contributed by atoms with Gasteiger partial charge < -0.3 is 14.8 Å². The Morgan fingerprint density at radius 2 is 2.38 bits per heavy atom. The summed E-state index contributed by atoms with van der Waals surface area (Å²) >= 11 is 1.22. The van der Waals surface area contributed by atoms with Gasteiger partial charge in [0.15, 0.2) is 0 Å². The van der Waals surface area contributed by atoms with Crippen molar-refractivity contribution in [2.45, 2.75) is 18.9 Å². The van der Waals surface area contributed by atoms with Crippen molar-refractivity contribution < 1.29 is 23.9 Å². The van der Waals surface area contributed by atoms with E-state index < -0.39 is 5.97 Å². The van der Waals surface area contributed by atoms with Crippen molar-refractivity contribution in [1.82, 2.24) is 10.2 Å². The van der Waals surface area contributed by atoms with Crippen LogP contribution in [0, 0.1) is 0 Å². The van der Waals surface area contributed by atoms with Crippen LogP contribution in [0.2, 0.25) is 0 Å². The number of hydrogen-bond acceptors (Lipinski definition) is 6. The van der Waals surface area contributed by atoms with Crippen molar-refractivity contribution in [2.24, 2.45) is 0 Å². The molecule has 0 aromatic heterocycles. The number of methoxy groups -OCH3 is 1. The highest BCUT2D eigenvalue weighted by atomic mass is 32.2. The van der Waals surface area contributed by atoms with Gasteiger partial charge in [-0.1, -0.05) is 11.8 Å². The molecule has 2 rings (SSSR count). The minimum atomic E-state index is -0.544. The summed E-state index contributed by atoms with van der Waals surface area (Å²) in [6.07, 6.45) is 3.23. The van der Waals surface area contributed by atoms with Gasteiger partial charge in [-0.25, -0.2) is 4.79 Å². The molecule has 0 saturated carbocycles. The van der Waals surface area contributed by atoms with E-state index in [1.807, 2.05) is 0 Å². The van der Waals surface area contributed by atoms with Gasteiger partial charge in [0, 0.05) is 13.2 Å². The molecule has 0 aromatic carbocycles. The summed E-state index contributed by atoms with van der Waals surface area (Å²) in [6.45, 7) is 1.08. The Balaban J connectivity index is 1.86. The molecule has 0 aliphatic carbocycles. The number of carbonyl (C=O) groups excluding carboxylic acids is 3. The molecular formula is C13H18N2O5S. The summed E-state index contributed by atoms with van der Waals surface area (Å²) in [5.41, 5.74) is 0. The van der Waals surface area contributed by atoms with E-state index >= 15 is 0 Å². The lowest BCUT2D eigenvalue weighted by molar-refractivity contribution is -0.135. The lowest BCUT2D eigenvalue weighted by Crippen LogP contribution is -2.40. The van der Waals surface area contributed by atoms with Gasteiger partial charge in [0.05, 0.1) is 30.1 Å². The van der Waals surface area contributed by atoms with Crippen LogP contribution in [0.4, 0.5) is 0 Å². The summed E-state index contributed by atoms with van der Waals surface area (Å²) in [5, 5.41) is 3.19. The summed E-state index contributed by atoms with van der Waals surface area (Å²) in [7, 11) is 1.26. The first-order valence-corrected chi connectivity index (χ1v) is 7.70. The molecule has 2 heterocycles. The van der Waals surface area contributed by atoms with Gasteiger partial charge >= 0.3 is 5.97 Å². The van der Waals surface area contributed by atoms with Crippen LogP contribution in [0.25, 0.3) is 0 Å². The number of ether oxygens (including phenoxy) is 2. The number of amides is 2. The maximum absolute atomic E-state index is 11.9. The fraction of sp³-hybridized carbons (Fsp3) is 0.615. The largest absolute Gasteiger partial charge is 0.466 e. The Morgan fingerprint density at radius 3 is 3.05 bits per heavy atom. The van der Waals surface area contributed by atoms with Gasteiger partial charge in [0.2, 0.25) is 11.8 Å². The second kappa shape index (κ2) is 7.46. The van der Waals surface area contributed by atoms with E-state index in [2.05, 4.69) is 10.1 Å². The van der Waals surface area contributed by atoms with Crippen molar-refractivity contribution >= 4 is 29.5 Å². The molecule has 1 atom stereocenters. The molecule has 0 spiro atoms. The van der Waals surface area contributed by atoms with Gasteiger partial charge in [-0.05, 0) is 12.8 Å². The zero-order chi connectivity index (χ0) is 15.2. The first-order chi connectivity index (χ1) is 10.1. The van der Waals surface area contributed by atoms with Crippen LogP contribution >= 0.6 is 11.8 Å². The fourth-order valence-corrected chi connectivity index (χ4v) is 3.02. The number of esters is 1. The highest BCUT2D eigenvalue weighted by molar-refractivity contribution is 8.04. The number of hydrogen-bond donors (Lipinski definition) is 1. The maximum Gasteiger partial charge on any atom is 0.333 e. The third-order valence-corrected chi connectivity index (χ3v) is 4.23. The van der Waals surface area contributed by atoms with Gasteiger partial charge in [-0.2, -0.15) is 0 Å². The van der Waals surface area contributed by atoms with E-state index in [1.165, 1.54) is 29.8 Å². The molecule has 0 bridgehead atoms. The van der Waals surface area contributed by atoms with Crippen molar-refractivity contribution in [3.8, 4) is 0 Å². The van der Waals surface area contributed by atoms with Crippen molar-refractivity contribution in [3.05, 3.63) is 11.1 Å². The van der Waals surface area contributed by atoms with Gasteiger partial charge in [-0.3, -0.25) is 14.5 Å². The topological polar surface area (TPSA) is 84.9 Å². The van der Waals surface area contributed by atoms with Crippen LogP contribution in [0.3, 0.4) is 0 Å². The molecule has 21 heavy (non-hydrogen) atoms. The molecule has 7 nitrogen and oxygen atoms in total. The molecule has 0 radical (unpaired) electrons. The normalized spacial score (nSPS) is 23.7. The fourth-order valence-electron chi connectivity index (χ4n) is 2.09. The second-order valence-electron chi connectivity index (χ2n) is 4.71. The van der Waals surface area contributed by atoms with Crippen LogP contribution in [0.1, 0.15) is 12.8 Å². The van der Waals surface area contributed by atoms with Crippen molar-refractivity contribution in [2.75, 3.05) is 32.6 Å². The molecule has 0 aromatic rings. The van der Waals surface area contributed by atoms with Crippen LogP contribution in [-0.2, 0) is 23.9 Å². The standard InChI is InChI=1S/C13H18N2O5S/c1-19-13(18)5-12-15(11(17)8-21-12)7-10(16)14-6-9-3-2-4-20-9/h5,9H,2-4,6-8H2,1H3,(H,14,16)/b12-5-/t9-/m0/s1. The van der Waals surface area contributed by atoms with Crippen molar-refractivity contribution in [3.63, 3.8) is 0 Å². The number of nitrogens with one attached hydrogen (secondary N) is 1. The molecule has 2 saturated heterocycles. The lowest BCUT2D eigenvalue weighted by Gasteiger charge is -2.17. The zero-order valence-corrected chi connectivity index (χ0v) is 12.6. The smallest absolute Gasteiger partial charge is 0.333 e. The molecule has 8 heteroatoms. The van der Waals surface area contributed by atoms with Gasteiger partial charge in [0.1, 0.15) is 6.54 Å². The SMILES string of the molecule is COC(=O)/C=C1\SCC(=O)N1CC(=O)NC[C@@H]1CCCO1. The monoisotopic (exact) mass is 314 g/mol. The molecule has 2 fully saturated rings. The number of nitrogens with zero attached hydrogens (tertiary/aromatic N) is 1. The van der Waals surface area contributed by atoms with E-state index in [0.717, 1.165) is 19.4 Å².